The summed E-state index contributed by atoms with van der Waals surface area (Å²) in [6.07, 6.45) is 0.626. The topological polar surface area (TPSA) is 82.8 Å². The van der Waals surface area contributed by atoms with Crippen LogP contribution in [-0.4, -0.2) is 32.2 Å². The minimum Gasteiger partial charge on any atom is -0.493 e. The van der Waals surface area contributed by atoms with Gasteiger partial charge in [-0.15, -0.1) is 0 Å². The molecular formula is C28H28N2O5. The summed E-state index contributed by atoms with van der Waals surface area (Å²) in [7, 11) is 4.67. The van der Waals surface area contributed by atoms with Gasteiger partial charge in [-0.25, -0.2) is 4.98 Å². The second-order valence-electron chi connectivity index (χ2n) is 7.83. The molecule has 4 aromatic rings. The van der Waals surface area contributed by atoms with Gasteiger partial charge in [-0.3, -0.25) is 4.79 Å². The highest BCUT2D eigenvalue weighted by atomic mass is 16.5. The standard InChI is InChI=1S/C28H28N2O5/c1-32-22-16-19(17-23(33-2)28(22)34-3)18-29-24(31)14-15-25-30-26(20-10-6-4-7-11-20)27(35-25)21-12-8-5-9-13-21/h4-13,16-17H,14-15,18H2,1-3H3,(H,29,31). The number of oxazole rings is 1. The van der Waals surface area contributed by atoms with Crippen LogP contribution in [0.15, 0.2) is 77.2 Å². The smallest absolute Gasteiger partial charge is 0.220 e. The lowest BCUT2D eigenvalue weighted by Gasteiger charge is -2.14. The number of hydrogen-bond acceptors (Lipinski definition) is 6. The number of rotatable bonds is 10. The van der Waals surface area contributed by atoms with Crippen LogP contribution in [-0.2, 0) is 17.8 Å². The molecule has 0 spiro atoms. The van der Waals surface area contributed by atoms with Crippen molar-refractivity contribution in [1.82, 2.24) is 10.3 Å². The molecule has 35 heavy (non-hydrogen) atoms. The Morgan fingerprint density at radius 1 is 0.857 bits per heavy atom. The fraction of sp³-hybridized carbons (Fsp3) is 0.214. The lowest BCUT2D eigenvalue weighted by Crippen LogP contribution is -2.23. The third-order valence-electron chi connectivity index (χ3n) is 5.53. The number of hydrogen-bond donors (Lipinski definition) is 1. The van der Waals surface area contributed by atoms with Gasteiger partial charge in [0.05, 0.1) is 21.3 Å². The number of benzene rings is 3. The maximum Gasteiger partial charge on any atom is 0.220 e. The van der Waals surface area contributed by atoms with Crippen LogP contribution in [0.4, 0.5) is 0 Å². The Hall–Kier alpha value is -4.26. The van der Waals surface area contributed by atoms with Crippen molar-refractivity contribution in [2.24, 2.45) is 0 Å². The number of amides is 1. The van der Waals surface area contributed by atoms with Crippen molar-refractivity contribution >= 4 is 5.91 Å². The number of aromatic nitrogens is 1. The van der Waals surface area contributed by atoms with E-state index in [0.29, 0.717) is 41.9 Å². The van der Waals surface area contributed by atoms with Crippen molar-refractivity contribution in [3.63, 3.8) is 0 Å². The predicted octanol–water partition coefficient (Wildman–Crippen LogP) is 5.28. The lowest BCUT2D eigenvalue weighted by molar-refractivity contribution is -0.121. The second-order valence-corrected chi connectivity index (χ2v) is 7.83. The molecule has 0 atom stereocenters. The van der Waals surface area contributed by atoms with Gasteiger partial charge in [-0.1, -0.05) is 60.7 Å². The summed E-state index contributed by atoms with van der Waals surface area (Å²) in [5.74, 6) is 2.70. The minimum atomic E-state index is -0.112. The number of aryl methyl sites for hydroxylation is 1. The molecule has 0 saturated carbocycles. The molecule has 7 heteroatoms. The SMILES string of the molecule is COc1cc(CNC(=O)CCc2nc(-c3ccccc3)c(-c3ccccc3)o2)cc(OC)c1OC. The Labute approximate surface area is 204 Å². The van der Waals surface area contributed by atoms with Crippen LogP contribution in [0.25, 0.3) is 22.6 Å². The zero-order valence-corrected chi connectivity index (χ0v) is 20.0. The molecule has 7 nitrogen and oxygen atoms in total. The van der Waals surface area contributed by atoms with Gasteiger partial charge >= 0.3 is 0 Å². The van der Waals surface area contributed by atoms with Crippen LogP contribution in [0.2, 0.25) is 0 Å². The summed E-state index contributed by atoms with van der Waals surface area (Å²) in [5, 5.41) is 2.93. The normalized spacial score (nSPS) is 10.6. The molecule has 0 fully saturated rings. The van der Waals surface area contributed by atoms with Gasteiger partial charge in [-0.2, -0.15) is 0 Å². The van der Waals surface area contributed by atoms with E-state index in [2.05, 4.69) is 5.32 Å². The van der Waals surface area contributed by atoms with E-state index in [1.807, 2.05) is 72.8 Å². The van der Waals surface area contributed by atoms with Crippen LogP contribution in [0.5, 0.6) is 17.2 Å². The van der Waals surface area contributed by atoms with Crippen LogP contribution in [0.1, 0.15) is 17.9 Å². The Balaban J connectivity index is 1.45. The highest BCUT2D eigenvalue weighted by Crippen LogP contribution is 2.38. The fourth-order valence-corrected chi connectivity index (χ4v) is 3.80. The molecule has 1 amide bonds. The number of ether oxygens (including phenoxy) is 3. The Bertz CT molecular complexity index is 1190. The third kappa shape index (κ3) is 5.63. The van der Waals surface area contributed by atoms with Crippen molar-refractivity contribution in [3.8, 4) is 39.8 Å². The first kappa shape index (κ1) is 23.9. The largest absolute Gasteiger partial charge is 0.493 e. The van der Waals surface area contributed by atoms with Gasteiger partial charge in [0.1, 0.15) is 5.69 Å². The predicted molar refractivity (Wildman–Crippen MR) is 134 cm³/mol. The van der Waals surface area contributed by atoms with Crippen LogP contribution in [0.3, 0.4) is 0 Å². The van der Waals surface area contributed by atoms with E-state index in [-0.39, 0.29) is 12.3 Å². The van der Waals surface area contributed by atoms with Gasteiger partial charge in [0.25, 0.3) is 0 Å². The summed E-state index contributed by atoms with van der Waals surface area (Å²) in [4.78, 5) is 17.3. The van der Waals surface area contributed by atoms with Crippen molar-refractivity contribution in [2.45, 2.75) is 19.4 Å². The molecule has 0 saturated heterocycles. The molecule has 180 valence electrons. The first-order valence-electron chi connectivity index (χ1n) is 11.3. The molecule has 0 unspecified atom stereocenters. The van der Waals surface area contributed by atoms with E-state index in [0.717, 1.165) is 22.4 Å². The summed E-state index contributed by atoms with van der Waals surface area (Å²) in [6.45, 7) is 0.325. The number of methoxy groups -OCH3 is 3. The van der Waals surface area contributed by atoms with Crippen LogP contribution < -0.4 is 19.5 Å². The van der Waals surface area contributed by atoms with Gasteiger partial charge in [-0.05, 0) is 17.7 Å². The van der Waals surface area contributed by atoms with Crippen molar-refractivity contribution in [1.29, 1.82) is 0 Å². The molecule has 1 N–H and O–H groups in total. The quantitative estimate of drug-likeness (QED) is 0.338. The molecule has 0 aliphatic carbocycles. The van der Waals surface area contributed by atoms with E-state index < -0.39 is 0 Å². The van der Waals surface area contributed by atoms with Crippen LogP contribution >= 0.6 is 0 Å². The maximum atomic E-state index is 12.6. The molecule has 1 heterocycles. The number of carbonyl (C=O) groups excluding carboxylic acids is 1. The van der Waals surface area contributed by atoms with E-state index in [9.17, 15) is 4.79 Å². The van der Waals surface area contributed by atoms with E-state index in [1.165, 1.54) is 0 Å². The summed E-state index contributed by atoms with van der Waals surface area (Å²) in [6, 6.07) is 23.4. The average Bonchev–Trinajstić information content (AvgIpc) is 3.35. The zero-order valence-electron chi connectivity index (χ0n) is 20.0. The Morgan fingerprint density at radius 3 is 2.03 bits per heavy atom. The van der Waals surface area contributed by atoms with Gasteiger partial charge < -0.3 is 23.9 Å². The highest BCUT2D eigenvalue weighted by molar-refractivity contribution is 5.78. The first-order valence-corrected chi connectivity index (χ1v) is 11.3. The van der Waals surface area contributed by atoms with E-state index in [4.69, 9.17) is 23.6 Å². The fourth-order valence-electron chi connectivity index (χ4n) is 3.80. The molecule has 4 rings (SSSR count). The molecular weight excluding hydrogens is 444 g/mol. The molecule has 0 bridgehead atoms. The van der Waals surface area contributed by atoms with Crippen molar-refractivity contribution in [2.75, 3.05) is 21.3 Å². The molecule has 1 aromatic heterocycles. The van der Waals surface area contributed by atoms with Crippen molar-refractivity contribution < 1.29 is 23.4 Å². The van der Waals surface area contributed by atoms with Gasteiger partial charge in [0.2, 0.25) is 11.7 Å². The Morgan fingerprint density at radius 2 is 1.46 bits per heavy atom. The monoisotopic (exact) mass is 472 g/mol. The van der Waals surface area contributed by atoms with Crippen LogP contribution in [0, 0.1) is 0 Å². The number of nitrogens with zero attached hydrogens (tertiary/aromatic N) is 1. The van der Waals surface area contributed by atoms with Gasteiger partial charge in [0, 0.05) is 30.5 Å². The molecule has 0 aliphatic heterocycles. The number of nitrogens with one attached hydrogen (secondary N) is 1. The zero-order chi connectivity index (χ0) is 24.6. The summed E-state index contributed by atoms with van der Waals surface area (Å²) < 4.78 is 22.2. The van der Waals surface area contributed by atoms with E-state index >= 15 is 0 Å². The first-order chi connectivity index (χ1) is 17.1. The molecule has 3 aromatic carbocycles. The van der Waals surface area contributed by atoms with Crippen molar-refractivity contribution in [3.05, 3.63) is 84.3 Å². The second kappa shape index (κ2) is 11.2. The average molecular weight is 473 g/mol. The third-order valence-corrected chi connectivity index (χ3v) is 5.53. The molecule has 0 radical (unpaired) electrons. The lowest BCUT2D eigenvalue weighted by atomic mass is 10.1. The highest BCUT2D eigenvalue weighted by Gasteiger charge is 2.18. The van der Waals surface area contributed by atoms with E-state index in [1.54, 1.807) is 21.3 Å². The van der Waals surface area contributed by atoms with Gasteiger partial charge in [0.15, 0.2) is 23.1 Å². The Kier molecular flexibility index (Phi) is 7.67. The minimum absolute atomic E-state index is 0.112. The summed E-state index contributed by atoms with van der Waals surface area (Å²) >= 11 is 0. The molecule has 0 aliphatic rings. The number of carbonyl (C=O) groups is 1. The summed E-state index contributed by atoms with van der Waals surface area (Å²) in [5.41, 5.74) is 3.51. The maximum absolute atomic E-state index is 12.6.